The number of hydrogen-bond donors (Lipinski definition) is 1. The van der Waals surface area contributed by atoms with Crippen molar-refractivity contribution in [1.82, 2.24) is 14.5 Å². The van der Waals surface area contributed by atoms with Gasteiger partial charge in [-0.25, -0.2) is 4.39 Å². The SMILES string of the molecule is OCCN(Cc1cccnc1)Cc1cccn1-c1cccc(F)c1. The van der Waals surface area contributed by atoms with Gasteiger partial charge in [-0.3, -0.25) is 9.88 Å². The van der Waals surface area contributed by atoms with E-state index in [1.54, 1.807) is 12.3 Å². The van der Waals surface area contributed by atoms with Crippen LogP contribution in [0.5, 0.6) is 0 Å². The maximum atomic E-state index is 13.5. The first-order valence-corrected chi connectivity index (χ1v) is 7.90. The number of pyridine rings is 1. The van der Waals surface area contributed by atoms with Crippen molar-refractivity contribution in [3.8, 4) is 5.69 Å². The molecule has 0 fully saturated rings. The largest absolute Gasteiger partial charge is 0.395 e. The molecule has 1 N–H and O–H groups in total. The van der Waals surface area contributed by atoms with Gasteiger partial charge in [0.15, 0.2) is 0 Å². The van der Waals surface area contributed by atoms with Gasteiger partial charge in [-0.1, -0.05) is 12.1 Å². The number of aromatic nitrogens is 2. The molecule has 0 radical (unpaired) electrons. The maximum Gasteiger partial charge on any atom is 0.125 e. The zero-order chi connectivity index (χ0) is 16.8. The van der Waals surface area contributed by atoms with Gasteiger partial charge >= 0.3 is 0 Å². The van der Waals surface area contributed by atoms with Crippen LogP contribution in [0.1, 0.15) is 11.3 Å². The molecule has 0 aliphatic rings. The Morgan fingerprint density at radius 2 is 2.00 bits per heavy atom. The van der Waals surface area contributed by atoms with Crippen LogP contribution in [-0.2, 0) is 13.1 Å². The quantitative estimate of drug-likeness (QED) is 0.726. The van der Waals surface area contributed by atoms with Crippen LogP contribution in [0.2, 0.25) is 0 Å². The Balaban J connectivity index is 1.79. The predicted molar refractivity (Wildman–Crippen MR) is 91.2 cm³/mol. The van der Waals surface area contributed by atoms with E-state index in [9.17, 15) is 9.50 Å². The molecular formula is C19H20FN3O. The third kappa shape index (κ3) is 4.07. The van der Waals surface area contributed by atoms with Gasteiger partial charge in [0.25, 0.3) is 0 Å². The van der Waals surface area contributed by atoms with Gasteiger partial charge in [0, 0.05) is 49.6 Å². The molecule has 0 aliphatic carbocycles. The van der Waals surface area contributed by atoms with E-state index in [1.807, 2.05) is 47.3 Å². The summed E-state index contributed by atoms with van der Waals surface area (Å²) in [7, 11) is 0. The molecule has 0 amide bonds. The summed E-state index contributed by atoms with van der Waals surface area (Å²) in [5.41, 5.74) is 2.92. The molecule has 0 unspecified atom stereocenters. The predicted octanol–water partition coefficient (Wildman–Crippen LogP) is 3.01. The molecule has 0 atom stereocenters. The minimum Gasteiger partial charge on any atom is -0.395 e. The van der Waals surface area contributed by atoms with Crippen LogP contribution in [0.25, 0.3) is 5.69 Å². The minimum atomic E-state index is -0.255. The summed E-state index contributed by atoms with van der Waals surface area (Å²) in [4.78, 5) is 6.27. The smallest absolute Gasteiger partial charge is 0.125 e. The fourth-order valence-corrected chi connectivity index (χ4v) is 2.76. The third-order valence-electron chi connectivity index (χ3n) is 3.85. The zero-order valence-electron chi connectivity index (χ0n) is 13.3. The van der Waals surface area contributed by atoms with E-state index in [0.29, 0.717) is 19.6 Å². The number of halogens is 1. The number of rotatable bonds is 7. The van der Waals surface area contributed by atoms with Gasteiger partial charge < -0.3 is 9.67 Å². The van der Waals surface area contributed by atoms with Crippen LogP contribution in [0.4, 0.5) is 4.39 Å². The Labute approximate surface area is 140 Å². The van der Waals surface area contributed by atoms with Crippen molar-refractivity contribution in [3.63, 3.8) is 0 Å². The molecule has 0 bridgehead atoms. The standard InChI is InChI=1S/C19H20FN3O/c20-17-5-1-6-18(12-17)23-9-3-7-19(23)15-22(10-11-24)14-16-4-2-8-21-13-16/h1-9,12-13,24H,10-11,14-15H2. The summed E-state index contributed by atoms with van der Waals surface area (Å²) < 4.78 is 15.5. The monoisotopic (exact) mass is 325 g/mol. The molecule has 124 valence electrons. The first kappa shape index (κ1) is 16.4. The topological polar surface area (TPSA) is 41.3 Å². The number of aliphatic hydroxyl groups is 1. The van der Waals surface area contributed by atoms with Crippen LogP contribution >= 0.6 is 0 Å². The lowest BCUT2D eigenvalue weighted by Gasteiger charge is -2.22. The van der Waals surface area contributed by atoms with Gasteiger partial charge in [-0.2, -0.15) is 0 Å². The Bertz CT molecular complexity index is 773. The molecule has 1 aromatic carbocycles. The highest BCUT2D eigenvalue weighted by Crippen LogP contribution is 2.16. The average Bonchev–Trinajstić information content (AvgIpc) is 3.04. The van der Waals surface area contributed by atoms with Crippen LogP contribution in [-0.4, -0.2) is 32.7 Å². The second-order valence-corrected chi connectivity index (χ2v) is 5.64. The average molecular weight is 325 g/mol. The summed E-state index contributed by atoms with van der Waals surface area (Å²) >= 11 is 0. The molecule has 2 heterocycles. The van der Waals surface area contributed by atoms with Crippen molar-refractivity contribution in [2.45, 2.75) is 13.1 Å². The van der Waals surface area contributed by atoms with Crippen LogP contribution in [0.15, 0.2) is 67.1 Å². The lowest BCUT2D eigenvalue weighted by atomic mass is 10.2. The lowest BCUT2D eigenvalue weighted by Crippen LogP contribution is -2.27. The Hall–Kier alpha value is -2.50. The van der Waals surface area contributed by atoms with Gasteiger partial charge in [-0.15, -0.1) is 0 Å². The second-order valence-electron chi connectivity index (χ2n) is 5.64. The van der Waals surface area contributed by atoms with Crippen molar-refractivity contribution in [3.05, 3.63) is 84.2 Å². The molecule has 0 saturated carbocycles. The number of hydrogen-bond acceptors (Lipinski definition) is 3. The van der Waals surface area contributed by atoms with E-state index in [1.165, 1.54) is 12.1 Å². The first-order valence-electron chi connectivity index (χ1n) is 7.90. The van der Waals surface area contributed by atoms with Gasteiger partial charge in [-0.05, 0) is 42.0 Å². The fourth-order valence-electron chi connectivity index (χ4n) is 2.76. The molecular weight excluding hydrogens is 305 g/mol. The van der Waals surface area contributed by atoms with Crippen molar-refractivity contribution in [2.75, 3.05) is 13.2 Å². The molecule has 0 saturated heterocycles. The number of benzene rings is 1. The van der Waals surface area contributed by atoms with Gasteiger partial charge in [0.2, 0.25) is 0 Å². The first-order chi connectivity index (χ1) is 11.8. The molecule has 3 aromatic rings. The number of nitrogens with zero attached hydrogens (tertiary/aromatic N) is 3. The van der Waals surface area contributed by atoms with E-state index in [0.717, 1.165) is 16.9 Å². The Morgan fingerprint density at radius 1 is 1.08 bits per heavy atom. The van der Waals surface area contributed by atoms with Gasteiger partial charge in [0.1, 0.15) is 5.82 Å². The van der Waals surface area contributed by atoms with Crippen molar-refractivity contribution in [1.29, 1.82) is 0 Å². The van der Waals surface area contributed by atoms with Crippen LogP contribution < -0.4 is 0 Å². The molecule has 0 spiro atoms. The summed E-state index contributed by atoms with van der Waals surface area (Å²) in [6.45, 7) is 1.99. The van der Waals surface area contributed by atoms with E-state index < -0.39 is 0 Å². The highest BCUT2D eigenvalue weighted by Gasteiger charge is 2.11. The lowest BCUT2D eigenvalue weighted by molar-refractivity contribution is 0.182. The van der Waals surface area contributed by atoms with Crippen molar-refractivity contribution < 1.29 is 9.50 Å². The third-order valence-corrected chi connectivity index (χ3v) is 3.85. The Kier molecular flexibility index (Phi) is 5.36. The van der Waals surface area contributed by atoms with E-state index in [4.69, 9.17) is 0 Å². The molecule has 4 nitrogen and oxygen atoms in total. The summed E-state index contributed by atoms with van der Waals surface area (Å²) in [5, 5.41) is 9.35. The maximum absolute atomic E-state index is 13.5. The summed E-state index contributed by atoms with van der Waals surface area (Å²) in [5.74, 6) is -0.255. The fraction of sp³-hybridized carbons (Fsp3) is 0.211. The Morgan fingerprint density at radius 3 is 2.75 bits per heavy atom. The van der Waals surface area contributed by atoms with E-state index >= 15 is 0 Å². The second kappa shape index (κ2) is 7.86. The zero-order valence-corrected chi connectivity index (χ0v) is 13.3. The number of aliphatic hydroxyl groups excluding tert-OH is 1. The van der Waals surface area contributed by atoms with Crippen LogP contribution in [0.3, 0.4) is 0 Å². The molecule has 3 rings (SSSR count). The van der Waals surface area contributed by atoms with Gasteiger partial charge in [0.05, 0.1) is 6.61 Å². The molecule has 0 aliphatic heterocycles. The molecule has 2 aromatic heterocycles. The normalized spacial score (nSPS) is 11.1. The van der Waals surface area contributed by atoms with Crippen LogP contribution in [0, 0.1) is 5.82 Å². The van der Waals surface area contributed by atoms with Crippen molar-refractivity contribution >= 4 is 0 Å². The highest BCUT2D eigenvalue weighted by atomic mass is 19.1. The minimum absolute atomic E-state index is 0.0843. The van der Waals surface area contributed by atoms with E-state index in [2.05, 4.69) is 9.88 Å². The summed E-state index contributed by atoms with van der Waals surface area (Å²) in [6.07, 6.45) is 5.50. The molecule has 5 heteroatoms. The van der Waals surface area contributed by atoms with E-state index in [-0.39, 0.29) is 12.4 Å². The van der Waals surface area contributed by atoms with Crippen molar-refractivity contribution in [2.24, 2.45) is 0 Å². The highest BCUT2D eigenvalue weighted by molar-refractivity contribution is 5.35. The summed E-state index contributed by atoms with van der Waals surface area (Å²) in [6, 6.07) is 14.4. The molecule has 24 heavy (non-hydrogen) atoms.